The van der Waals surface area contributed by atoms with E-state index >= 15 is 0 Å². The lowest BCUT2D eigenvalue weighted by atomic mass is 9.79. The van der Waals surface area contributed by atoms with Crippen LogP contribution < -0.4 is 5.73 Å². The number of amides is 1. The van der Waals surface area contributed by atoms with Gasteiger partial charge in [-0.2, -0.15) is 5.10 Å². The van der Waals surface area contributed by atoms with Crippen molar-refractivity contribution in [1.29, 1.82) is 0 Å². The van der Waals surface area contributed by atoms with Crippen molar-refractivity contribution in [3.8, 4) is 0 Å². The molecule has 0 bridgehead atoms. The summed E-state index contributed by atoms with van der Waals surface area (Å²) in [5, 5.41) is 4.15. The van der Waals surface area contributed by atoms with Crippen LogP contribution in [0.15, 0.2) is 12.4 Å². The lowest BCUT2D eigenvalue weighted by molar-refractivity contribution is -0.147. The van der Waals surface area contributed by atoms with Crippen molar-refractivity contribution in [2.45, 2.75) is 26.3 Å². The SMILES string of the molecule is CCN(Cc1cnn(C)c1)C(=O)C1(CN)CCOCC1.Cl.Cl. The molecule has 0 aromatic carbocycles. The maximum Gasteiger partial charge on any atom is 0.230 e. The second-order valence-corrected chi connectivity index (χ2v) is 5.44. The van der Waals surface area contributed by atoms with Gasteiger partial charge in [0.05, 0.1) is 11.6 Å². The smallest absolute Gasteiger partial charge is 0.230 e. The molecule has 1 aromatic rings. The van der Waals surface area contributed by atoms with E-state index in [1.807, 2.05) is 25.1 Å². The Morgan fingerprint density at radius 1 is 1.45 bits per heavy atom. The van der Waals surface area contributed by atoms with Crippen molar-refractivity contribution in [2.75, 3.05) is 26.3 Å². The first kappa shape index (κ1) is 21.2. The number of carbonyl (C=O) groups is 1. The Balaban J connectivity index is 0.00000220. The van der Waals surface area contributed by atoms with Gasteiger partial charge < -0.3 is 15.4 Å². The molecule has 2 heterocycles. The fraction of sp³-hybridized carbons (Fsp3) is 0.714. The lowest BCUT2D eigenvalue weighted by Gasteiger charge is -2.38. The summed E-state index contributed by atoms with van der Waals surface area (Å²) >= 11 is 0. The van der Waals surface area contributed by atoms with E-state index in [4.69, 9.17) is 10.5 Å². The second kappa shape index (κ2) is 9.35. The maximum atomic E-state index is 12.9. The number of hydrogen-bond acceptors (Lipinski definition) is 4. The molecule has 1 aromatic heterocycles. The highest BCUT2D eigenvalue weighted by atomic mass is 35.5. The molecule has 0 aliphatic carbocycles. The molecule has 0 unspecified atom stereocenters. The average molecular weight is 353 g/mol. The van der Waals surface area contributed by atoms with Gasteiger partial charge in [-0.3, -0.25) is 9.48 Å². The highest BCUT2D eigenvalue weighted by Gasteiger charge is 2.41. The van der Waals surface area contributed by atoms with Crippen molar-refractivity contribution in [2.24, 2.45) is 18.2 Å². The van der Waals surface area contributed by atoms with E-state index in [0.29, 0.717) is 45.7 Å². The van der Waals surface area contributed by atoms with E-state index in [0.717, 1.165) is 5.56 Å². The fourth-order valence-electron chi connectivity index (χ4n) is 2.70. The van der Waals surface area contributed by atoms with Crippen molar-refractivity contribution in [1.82, 2.24) is 14.7 Å². The van der Waals surface area contributed by atoms with Gasteiger partial charge in [-0.25, -0.2) is 0 Å². The molecule has 1 fully saturated rings. The van der Waals surface area contributed by atoms with Crippen LogP contribution in [0.5, 0.6) is 0 Å². The minimum absolute atomic E-state index is 0. The Labute approximate surface area is 144 Å². The lowest BCUT2D eigenvalue weighted by Crippen LogP contribution is -2.50. The number of aromatic nitrogens is 2. The van der Waals surface area contributed by atoms with Crippen LogP contribution in [0.2, 0.25) is 0 Å². The molecule has 1 aliphatic rings. The molecule has 0 atom stereocenters. The molecule has 6 nitrogen and oxygen atoms in total. The molecule has 2 N–H and O–H groups in total. The Morgan fingerprint density at radius 3 is 2.55 bits per heavy atom. The fourth-order valence-corrected chi connectivity index (χ4v) is 2.70. The average Bonchev–Trinajstić information content (AvgIpc) is 2.90. The molecule has 8 heteroatoms. The summed E-state index contributed by atoms with van der Waals surface area (Å²) in [6, 6.07) is 0. The standard InChI is InChI=1S/C14H24N4O2.2ClH/c1-3-18(10-12-8-16-17(2)9-12)13(19)14(11-15)4-6-20-7-5-14;;/h8-9H,3-7,10-11,15H2,1-2H3;2*1H. The molecule has 22 heavy (non-hydrogen) atoms. The zero-order valence-electron chi connectivity index (χ0n) is 13.2. The minimum Gasteiger partial charge on any atom is -0.381 e. The van der Waals surface area contributed by atoms with Gasteiger partial charge in [0.15, 0.2) is 0 Å². The molecule has 0 radical (unpaired) electrons. The molecule has 1 aliphatic heterocycles. The van der Waals surface area contributed by atoms with Gasteiger partial charge in [-0.15, -0.1) is 24.8 Å². The van der Waals surface area contributed by atoms with E-state index in [1.54, 1.807) is 10.9 Å². The van der Waals surface area contributed by atoms with Gasteiger partial charge in [0.2, 0.25) is 5.91 Å². The second-order valence-electron chi connectivity index (χ2n) is 5.44. The zero-order chi connectivity index (χ0) is 14.6. The first-order chi connectivity index (χ1) is 9.61. The largest absolute Gasteiger partial charge is 0.381 e. The number of nitrogens with two attached hydrogens (primary N) is 1. The molecule has 1 saturated heterocycles. The molecule has 2 rings (SSSR count). The summed E-state index contributed by atoms with van der Waals surface area (Å²) in [4.78, 5) is 14.7. The third kappa shape index (κ3) is 4.59. The Kier molecular flexibility index (Phi) is 9.00. The Morgan fingerprint density at radius 2 is 2.09 bits per heavy atom. The summed E-state index contributed by atoms with van der Waals surface area (Å²) in [5.74, 6) is 0.148. The van der Waals surface area contributed by atoms with Crippen molar-refractivity contribution in [3.63, 3.8) is 0 Å². The number of ether oxygens (including phenoxy) is 1. The van der Waals surface area contributed by atoms with Crippen LogP contribution in [-0.4, -0.2) is 46.9 Å². The van der Waals surface area contributed by atoms with Crippen LogP contribution in [0.25, 0.3) is 0 Å². The summed E-state index contributed by atoms with van der Waals surface area (Å²) < 4.78 is 7.12. The summed E-state index contributed by atoms with van der Waals surface area (Å²) in [6.07, 6.45) is 5.17. The highest BCUT2D eigenvalue weighted by Crippen LogP contribution is 2.32. The topological polar surface area (TPSA) is 73.4 Å². The van der Waals surface area contributed by atoms with Crippen LogP contribution >= 0.6 is 24.8 Å². The van der Waals surface area contributed by atoms with Crippen LogP contribution in [-0.2, 0) is 23.1 Å². The zero-order valence-corrected chi connectivity index (χ0v) is 14.8. The first-order valence-electron chi connectivity index (χ1n) is 7.16. The van der Waals surface area contributed by atoms with Crippen LogP contribution in [0.3, 0.4) is 0 Å². The normalized spacial score (nSPS) is 16.3. The number of hydrogen-bond donors (Lipinski definition) is 1. The van der Waals surface area contributed by atoms with E-state index in [2.05, 4.69) is 5.10 Å². The van der Waals surface area contributed by atoms with Gasteiger partial charge in [-0.1, -0.05) is 0 Å². The van der Waals surface area contributed by atoms with E-state index in [9.17, 15) is 4.79 Å². The Hall–Kier alpha value is -0.820. The van der Waals surface area contributed by atoms with Crippen molar-refractivity contribution < 1.29 is 9.53 Å². The third-order valence-corrected chi connectivity index (χ3v) is 4.10. The predicted octanol–water partition coefficient (Wildman–Crippen LogP) is 1.37. The number of aryl methyl sites for hydroxylation is 1. The number of rotatable bonds is 5. The van der Waals surface area contributed by atoms with Gasteiger partial charge in [0, 0.05) is 51.7 Å². The molecule has 128 valence electrons. The quantitative estimate of drug-likeness (QED) is 0.868. The van der Waals surface area contributed by atoms with E-state index in [1.165, 1.54) is 0 Å². The Bertz CT molecular complexity index is 461. The van der Waals surface area contributed by atoms with Crippen LogP contribution in [0, 0.1) is 5.41 Å². The van der Waals surface area contributed by atoms with E-state index < -0.39 is 5.41 Å². The van der Waals surface area contributed by atoms with Crippen molar-refractivity contribution in [3.05, 3.63) is 18.0 Å². The van der Waals surface area contributed by atoms with Crippen molar-refractivity contribution >= 4 is 30.7 Å². The summed E-state index contributed by atoms with van der Waals surface area (Å²) in [6.45, 7) is 4.89. The minimum atomic E-state index is -0.448. The van der Waals surface area contributed by atoms with Crippen LogP contribution in [0.4, 0.5) is 0 Å². The highest BCUT2D eigenvalue weighted by molar-refractivity contribution is 5.85. The van der Waals surface area contributed by atoms with Gasteiger partial charge in [0.25, 0.3) is 0 Å². The predicted molar refractivity (Wildman–Crippen MR) is 90.3 cm³/mol. The number of nitrogens with zero attached hydrogens (tertiary/aromatic N) is 3. The first-order valence-corrected chi connectivity index (χ1v) is 7.16. The maximum absolute atomic E-state index is 12.9. The molecule has 0 saturated carbocycles. The van der Waals surface area contributed by atoms with Gasteiger partial charge in [-0.05, 0) is 19.8 Å². The summed E-state index contributed by atoms with van der Waals surface area (Å²) in [7, 11) is 1.88. The van der Waals surface area contributed by atoms with E-state index in [-0.39, 0.29) is 30.7 Å². The van der Waals surface area contributed by atoms with Crippen LogP contribution in [0.1, 0.15) is 25.3 Å². The summed E-state index contributed by atoms with van der Waals surface area (Å²) in [5.41, 5.74) is 6.51. The molecular weight excluding hydrogens is 327 g/mol. The molecular formula is C14H26Cl2N4O2. The molecule has 1 amide bonds. The van der Waals surface area contributed by atoms with Gasteiger partial charge >= 0.3 is 0 Å². The number of carbonyl (C=O) groups excluding carboxylic acids is 1. The number of halogens is 2. The third-order valence-electron chi connectivity index (χ3n) is 4.10. The van der Waals surface area contributed by atoms with Gasteiger partial charge in [0.1, 0.15) is 0 Å². The monoisotopic (exact) mass is 352 g/mol. The molecule has 0 spiro atoms.